The van der Waals surface area contributed by atoms with Crippen molar-refractivity contribution in [2.24, 2.45) is 9.98 Å². The molecule has 0 bridgehead atoms. The number of rotatable bonds is 0. The van der Waals surface area contributed by atoms with Crippen molar-refractivity contribution in [3.63, 3.8) is 0 Å². The smallest absolute Gasteiger partial charge is 0.192 e. The first-order chi connectivity index (χ1) is 11.6. The van der Waals surface area contributed by atoms with Crippen LogP contribution in [0.2, 0.25) is 0 Å². The second kappa shape index (κ2) is 4.66. The fourth-order valence-electron chi connectivity index (χ4n) is 4.09. The SMILES string of the molecule is O=C1C=C[C@@]2(C=C1Br)CCNc1c(O)c3c4c(c12)=NCCC=4C=N3. The van der Waals surface area contributed by atoms with Gasteiger partial charge in [-0.05, 0) is 40.4 Å². The van der Waals surface area contributed by atoms with Gasteiger partial charge in [0.1, 0.15) is 5.69 Å². The number of phenolic OH excluding ortho intramolecular Hbond substituents is 1. The average Bonchev–Trinajstić information content (AvgIpc) is 3.02. The molecule has 1 aromatic rings. The molecule has 24 heavy (non-hydrogen) atoms. The lowest BCUT2D eigenvalue weighted by Crippen LogP contribution is -2.44. The van der Waals surface area contributed by atoms with Crippen LogP contribution in [-0.4, -0.2) is 30.2 Å². The fourth-order valence-corrected chi connectivity index (χ4v) is 4.63. The number of nitrogens with zero attached hydrogens (tertiary/aromatic N) is 2. The lowest BCUT2D eigenvalue weighted by molar-refractivity contribution is -0.110. The van der Waals surface area contributed by atoms with E-state index >= 15 is 0 Å². The topological polar surface area (TPSA) is 74.0 Å². The Bertz CT molecular complexity index is 1040. The van der Waals surface area contributed by atoms with Crippen molar-refractivity contribution in [1.82, 2.24) is 0 Å². The maximum Gasteiger partial charge on any atom is 0.192 e. The van der Waals surface area contributed by atoms with Crippen molar-refractivity contribution >= 4 is 44.9 Å². The Morgan fingerprint density at radius 1 is 1.38 bits per heavy atom. The second-order valence-corrected chi connectivity index (χ2v) is 7.35. The Kier molecular flexibility index (Phi) is 2.75. The van der Waals surface area contributed by atoms with Gasteiger partial charge >= 0.3 is 0 Å². The monoisotopic (exact) mass is 383 g/mol. The number of carbonyl (C=O) groups excluding carboxylic acids is 1. The summed E-state index contributed by atoms with van der Waals surface area (Å²) in [5, 5.41) is 16.0. The number of hydrogen-bond acceptors (Lipinski definition) is 5. The van der Waals surface area contributed by atoms with E-state index in [-0.39, 0.29) is 11.5 Å². The number of carbonyl (C=O) groups is 1. The van der Waals surface area contributed by atoms with Crippen LogP contribution in [0, 0.1) is 0 Å². The number of halogens is 1. The number of aromatic hydroxyl groups is 1. The van der Waals surface area contributed by atoms with Gasteiger partial charge in [-0.25, -0.2) is 0 Å². The molecule has 2 N–H and O–H groups in total. The van der Waals surface area contributed by atoms with Gasteiger partial charge in [0.15, 0.2) is 11.5 Å². The fraction of sp³-hybridized carbons (Fsp3) is 0.278. The van der Waals surface area contributed by atoms with E-state index < -0.39 is 5.41 Å². The minimum atomic E-state index is -0.441. The van der Waals surface area contributed by atoms with Gasteiger partial charge in [-0.2, -0.15) is 0 Å². The minimum Gasteiger partial charge on any atom is -0.504 e. The molecular formula is C18H14BrN3O2. The molecule has 3 aliphatic heterocycles. The molecule has 6 heteroatoms. The third-order valence-electron chi connectivity index (χ3n) is 5.20. The molecule has 5 nitrogen and oxygen atoms in total. The highest BCUT2D eigenvalue weighted by molar-refractivity contribution is 9.12. The maximum absolute atomic E-state index is 11.9. The normalized spacial score (nSPS) is 26.0. The van der Waals surface area contributed by atoms with Gasteiger partial charge < -0.3 is 10.4 Å². The lowest BCUT2D eigenvalue weighted by Gasteiger charge is -2.37. The van der Waals surface area contributed by atoms with Crippen LogP contribution < -0.4 is 15.9 Å². The summed E-state index contributed by atoms with van der Waals surface area (Å²) in [5.41, 5.74) is 2.95. The molecule has 0 fully saturated rings. The summed E-state index contributed by atoms with van der Waals surface area (Å²) in [6.07, 6.45) is 9.00. The van der Waals surface area contributed by atoms with Crippen molar-refractivity contribution in [1.29, 1.82) is 0 Å². The van der Waals surface area contributed by atoms with Gasteiger partial charge in [0, 0.05) is 35.5 Å². The standard InChI is InChI=1S/C18H14BrN3O2/c19-10-7-18(3-1-11(10)23)4-6-21-16-13(18)14-12-9(2-5-20-14)8-22-15(12)17(16)24/h1,3,7-8,21,24H,2,4-6H2/t18-/m0/s1. The minimum absolute atomic E-state index is 0.0349. The Morgan fingerprint density at radius 3 is 3.08 bits per heavy atom. The van der Waals surface area contributed by atoms with E-state index in [0.717, 1.165) is 34.6 Å². The third kappa shape index (κ3) is 1.66. The predicted molar refractivity (Wildman–Crippen MR) is 95.9 cm³/mol. The number of fused-ring (bicyclic) bond motifs is 3. The Labute approximate surface area is 146 Å². The molecule has 0 radical (unpaired) electrons. The molecule has 0 saturated heterocycles. The van der Waals surface area contributed by atoms with Crippen molar-refractivity contribution < 1.29 is 9.90 Å². The molecule has 1 aliphatic carbocycles. The number of aliphatic imine (C=N–C) groups is 1. The number of nitrogens with one attached hydrogen (secondary N) is 1. The van der Waals surface area contributed by atoms with Crippen molar-refractivity contribution in [3.05, 3.63) is 38.8 Å². The zero-order chi connectivity index (χ0) is 16.5. The van der Waals surface area contributed by atoms with E-state index in [9.17, 15) is 9.90 Å². The number of phenols is 1. The Hall–Kier alpha value is -2.21. The number of anilines is 1. The van der Waals surface area contributed by atoms with Crippen LogP contribution in [0.4, 0.5) is 11.4 Å². The molecule has 120 valence electrons. The van der Waals surface area contributed by atoms with Gasteiger partial charge in [-0.1, -0.05) is 12.2 Å². The summed E-state index contributed by atoms with van der Waals surface area (Å²) in [6.45, 7) is 1.42. The van der Waals surface area contributed by atoms with Crippen LogP contribution in [0.1, 0.15) is 18.4 Å². The van der Waals surface area contributed by atoms with E-state index in [1.165, 1.54) is 0 Å². The molecule has 0 saturated carbocycles. The second-order valence-electron chi connectivity index (χ2n) is 6.49. The van der Waals surface area contributed by atoms with Crippen LogP contribution in [0.25, 0.3) is 5.57 Å². The highest BCUT2D eigenvalue weighted by Crippen LogP contribution is 2.46. The van der Waals surface area contributed by atoms with Gasteiger partial charge in [0.25, 0.3) is 0 Å². The molecule has 1 atom stereocenters. The van der Waals surface area contributed by atoms with Crippen molar-refractivity contribution in [2.45, 2.75) is 18.3 Å². The number of ketones is 1. The highest BCUT2D eigenvalue weighted by Gasteiger charge is 2.40. The first kappa shape index (κ1) is 14.2. The molecule has 1 aromatic carbocycles. The molecule has 3 heterocycles. The summed E-state index contributed by atoms with van der Waals surface area (Å²) in [7, 11) is 0. The van der Waals surface area contributed by atoms with E-state index in [1.807, 2.05) is 18.4 Å². The van der Waals surface area contributed by atoms with Gasteiger partial charge in [0.2, 0.25) is 0 Å². The summed E-state index contributed by atoms with van der Waals surface area (Å²) in [4.78, 5) is 21.1. The summed E-state index contributed by atoms with van der Waals surface area (Å²) in [5.74, 6) is 0.147. The van der Waals surface area contributed by atoms with E-state index in [4.69, 9.17) is 4.99 Å². The third-order valence-corrected chi connectivity index (χ3v) is 5.82. The summed E-state index contributed by atoms with van der Waals surface area (Å²) < 4.78 is 0.557. The maximum atomic E-state index is 11.9. The van der Waals surface area contributed by atoms with E-state index in [1.54, 1.807) is 6.08 Å². The van der Waals surface area contributed by atoms with Gasteiger partial charge in [-0.15, -0.1) is 0 Å². The quantitative estimate of drug-likeness (QED) is 0.670. The first-order valence-electron chi connectivity index (χ1n) is 7.98. The van der Waals surface area contributed by atoms with Crippen LogP contribution in [0.15, 0.2) is 32.7 Å². The summed E-state index contributed by atoms with van der Waals surface area (Å²) >= 11 is 3.39. The van der Waals surface area contributed by atoms with Gasteiger partial charge in [0.05, 0.1) is 15.5 Å². The van der Waals surface area contributed by atoms with Crippen LogP contribution in [0.3, 0.4) is 0 Å². The number of hydrogen-bond donors (Lipinski definition) is 2. The number of benzene rings is 1. The molecular weight excluding hydrogens is 370 g/mol. The van der Waals surface area contributed by atoms with Crippen LogP contribution in [-0.2, 0) is 10.2 Å². The molecule has 4 aliphatic rings. The number of allylic oxidation sites excluding steroid dienone is 4. The van der Waals surface area contributed by atoms with Crippen LogP contribution in [0.5, 0.6) is 5.75 Å². The van der Waals surface area contributed by atoms with Crippen LogP contribution >= 0.6 is 15.9 Å². The molecule has 0 amide bonds. The lowest BCUT2D eigenvalue weighted by atomic mass is 9.71. The molecule has 0 unspecified atom stereocenters. The zero-order valence-corrected chi connectivity index (χ0v) is 14.4. The zero-order valence-electron chi connectivity index (χ0n) is 12.8. The first-order valence-corrected chi connectivity index (χ1v) is 8.77. The molecule has 5 rings (SSSR count). The van der Waals surface area contributed by atoms with Crippen molar-refractivity contribution in [2.75, 3.05) is 18.4 Å². The molecule has 1 spiro atoms. The summed E-state index contributed by atoms with van der Waals surface area (Å²) in [6, 6.07) is 0. The van der Waals surface area contributed by atoms with E-state index in [0.29, 0.717) is 28.9 Å². The molecule has 0 aromatic heterocycles. The van der Waals surface area contributed by atoms with Crippen molar-refractivity contribution in [3.8, 4) is 5.75 Å². The predicted octanol–water partition coefficient (Wildman–Crippen LogP) is 1.75. The largest absolute Gasteiger partial charge is 0.504 e. The van der Waals surface area contributed by atoms with E-state index in [2.05, 4.69) is 26.2 Å². The van der Waals surface area contributed by atoms with Gasteiger partial charge in [-0.3, -0.25) is 14.8 Å². The Morgan fingerprint density at radius 2 is 2.25 bits per heavy atom. The average molecular weight is 384 g/mol. The Balaban J connectivity index is 1.94. The highest BCUT2D eigenvalue weighted by atomic mass is 79.9.